The molecule has 0 saturated carbocycles. The van der Waals surface area contributed by atoms with Crippen molar-refractivity contribution in [2.24, 2.45) is 5.92 Å². The van der Waals surface area contributed by atoms with Gasteiger partial charge in [0.2, 0.25) is 0 Å². The third kappa shape index (κ3) is 2.75. The van der Waals surface area contributed by atoms with Crippen LogP contribution in [0.2, 0.25) is 0 Å². The molecule has 0 aromatic heterocycles. The van der Waals surface area contributed by atoms with Gasteiger partial charge in [-0.2, -0.15) is 0 Å². The van der Waals surface area contributed by atoms with E-state index >= 15 is 0 Å². The summed E-state index contributed by atoms with van der Waals surface area (Å²) in [4.78, 5) is 0. The molecule has 0 fully saturated rings. The molecule has 0 aliphatic heterocycles. The van der Waals surface area contributed by atoms with Crippen molar-refractivity contribution < 1.29 is 0 Å². The summed E-state index contributed by atoms with van der Waals surface area (Å²) in [5.41, 5.74) is 9.97. The fourth-order valence-corrected chi connectivity index (χ4v) is 4.79. The Labute approximate surface area is 162 Å². The van der Waals surface area contributed by atoms with E-state index in [9.17, 15) is 0 Å². The van der Waals surface area contributed by atoms with Crippen molar-refractivity contribution in [2.75, 3.05) is 0 Å². The topological polar surface area (TPSA) is 0 Å². The number of rotatable bonds is 1. The Bertz CT molecular complexity index is 985. The highest BCUT2D eigenvalue weighted by atomic mass is 127. The van der Waals surface area contributed by atoms with Crippen LogP contribution in [0.3, 0.4) is 0 Å². The number of halogens is 1. The van der Waals surface area contributed by atoms with Gasteiger partial charge in [0.1, 0.15) is 0 Å². The molecule has 122 valence electrons. The summed E-state index contributed by atoms with van der Waals surface area (Å²) < 4.78 is 1.47. The molecule has 1 heteroatoms. The van der Waals surface area contributed by atoms with E-state index in [1.54, 1.807) is 0 Å². The van der Waals surface area contributed by atoms with Gasteiger partial charge in [0.05, 0.1) is 0 Å². The van der Waals surface area contributed by atoms with Crippen LogP contribution >= 0.6 is 22.6 Å². The van der Waals surface area contributed by atoms with Gasteiger partial charge in [-0.15, -0.1) is 0 Å². The van der Waals surface area contributed by atoms with Crippen molar-refractivity contribution in [1.29, 1.82) is 0 Å². The summed E-state index contributed by atoms with van der Waals surface area (Å²) in [6.45, 7) is 0. The zero-order chi connectivity index (χ0) is 16.8. The number of fused-ring (bicyclic) bond motifs is 4. The van der Waals surface area contributed by atoms with Crippen LogP contribution in [0, 0.1) is 5.92 Å². The van der Waals surface area contributed by atoms with E-state index in [1.807, 2.05) is 0 Å². The van der Waals surface area contributed by atoms with Gasteiger partial charge >= 0.3 is 0 Å². The summed E-state index contributed by atoms with van der Waals surface area (Å²) in [6, 6.07) is 15.7. The van der Waals surface area contributed by atoms with E-state index in [-0.39, 0.29) is 0 Å². The second-order valence-corrected chi connectivity index (χ2v) is 8.46. The molecule has 0 heterocycles. The number of aryl methyl sites for hydroxylation is 1. The zero-order valence-electron chi connectivity index (χ0n) is 14.0. The molecule has 2 aromatic carbocycles. The van der Waals surface area contributed by atoms with Gasteiger partial charge in [-0.1, -0.05) is 66.8 Å². The van der Waals surface area contributed by atoms with Crippen molar-refractivity contribution in [3.8, 4) is 0 Å². The molecule has 0 radical (unpaired) electrons. The highest BCUT2D eigenvalue weighted by molar-refractivity contribution is 14.1. The number of hydrogen-bond donors (Lipinski definition) is 0. The number of hydrogen-bond acceptors (Lipinski definition) is 0. The lowest BCUT2D eigenvalue weighted by Gasteiger charge is -2.27. The minimum Gasteiger partial charge on any atom is -0.0760 e. The third-order valence-electron chi connectivity index (χ3n) is 5.54. The maximum atomic E-state index is 2.46. The lowest BCUT2D eigenvalue weighted by molar-refractivity contribution is 0.856. The summed E-state index contributed by atoms with van der Waals surface area (Å²) >= 11 is 2.46. The maximum absolute atomic E-state index is 2.46. The molecule has 0 amide bonds. The van der Waals surface area contributed by atoms with Gasteiger partial charge in [0.25, 0.3) is 0 Å². The fourth-order valence-electron chi connectivity index (χ4n) is 4.19. The van der Waals surface area contributed by atoms with Crippen molar-refractivity contribution in [3.05, 3.63) is 92.1 Å². The molecule has 0 saturated heterocycles. The van der Waals surface area contributed by atoms with Crippen molar-refractivity contribution >= 4 is 45.9 Å². The lowest BCUT2D eigenvalue weighted by Crippen LogP contribution is -2.10. The minimum atomic E-state index is 0.506. The molecule has 3 aliphatic carbocycles. The highest BCUT2D eigenvalue weighted by Gasteiger charge is 2.23. The van der Waals surface area contributed by atoms with E-state index in [0.29, 0.717) is 5.92 Å². The number of allylic oxidation sites excluding steroid dienone is 6. The summed E-state index contributed by atoms with van der Waals surface area (Å²) in [5.74, 6) is 0.506. The molecule has 25 heavy (non-hydrogen) atoms. The first-order valence-electron chi connectivity index (χ1n) is 8.96. The van der Waals surface area contributed by atoms with Crippen LogP contribution in [-0.2, 0) is 6.42 Å². The van der Waals surface area contributed by atoms with Gasteiger partial charge in [-0.3, -0.25) is 0 Å². The molecule has 5 rings (SSSR count). The van der Waals surface area contributed by atoms with Crippen LogP contribution < -0.4 is 0 Å². The molecule has 0 N–H and O–H groups in total. The molecular weight excluding hydrogens is 415 g/mol. The van der Waals surface area contributed by atoms with Crippen molar-refractivity contribution in [1.82, 2.24) is 0 Å². The minimum absolute atomic E-state index is 0.506. The van der Waals surface area contributed by atoms with Gasteiger partial charge in [-0.25, -0.2) is 0 Å². The normalized spacial score (nSPS) is 20.7. The average Bonchev–Trinajstić information content (AvgIpc) is 2.67. The van der Waals surface area contributed by atoms with E-state index < -0.39 is 0 Å². The highest BCUT2D eigenvalue weighted by Crippen LogP contribution is 2.42. The van der Waals surface area contributed by atoms with Crippen LogP contribution in [0.15, 0.2) is 64.3 Å². The molecule has 2 aromatic rings. The quantitative estimate of drug-likeness (QED) is 0.428. The molecule has 3 aliphatic rings. The van der Waals surface area contributed by atoms with Gasteiger partial charge in [-0.05, 0) is 90.5 Å². The van der Waals surface area contributed by atoms with Crippen LogP contribution in [0.1, 0.15) is 40.7 Å². The predicted molar refractivity (Wildman–Crippen MR) is 116 cm³/mol. The monoisotopic (exact) mass is 434 g/mol. The Hall–Kier alpha value is -1.87. The maximum Gasteiger partial charge on any atom is 0.00680 e. The first-order chi connectivity index (χ1) is 12.3. The van der Waals surface area contributed by atoms with Gasteiger partial charge in [0.15, 0.2) is 0 Å². The molecule has 1 atom stereocenters. The summed E-state index contributed by atoms with van der Waals surface area (Å²) in [6.07, 6.45) is 15.1. The van der Waals surface area contributed by atoms with Gasteiger partial charge < -0.3 is 0 Å². The summed E-state index contributed by atoms with van der Waals surface area (Å²) in [5, 5.41) is 0. The zero-order valence-corrected chi connectivity index (χ0v) is 16.2. The Kier molecular flexibility index (Phi) is 3.78. The fraction of sp³-hybridized carbons (Fsp3) is 0.167. The SMILES string of the molecule is IC1=Cc2ccc(C3=CC=C4c5ccccc5C=CC4C3)cc2CC1. The smallest absolute Gasteiger partial charge is 0.00680 e. The Morgan fingerprint density at radius 3 is 2.80 bits per heavy atom. The van der Waals surface area contributed by atoms with Crippen LogP contribution in [0.5, 0.6) is 0 Å². The summed E-state index contributed by atoms with van der Waals surface area (Å²) in [7, 11) is 0. The van der Waals surface area contributed by atoms with E-state index in [2.05, 4.69) is 95.4 Å². The molecular formula is C24H19I. The Balaban J connectivity index is 1.53. The molecule has 0 bridgehead atoms. The molecule has 1 unspecified atom stereocenters. The third-order valence-corrected chi connectivity index (χ3v) is 6.39. The number of benzene rings is 2. The Morgan fingerprint density at radius 1 is 0.920 bits per heavy atom. The van der Waals surface area contributed by atoms with E-state index in [0.717, 1.165) is 6.42 Å². The van der Waals surface area contributed by atoms with Crippen LogP contribution in [0.4, 0.5) is 0 Å². The van der Waals surface area contributed by atoms with Crippen molar-refractivity contribution in [2.45, 2.75) is 19.3 Å². The molecule has 0 nitrogen and oxygen atoms in total. The average molecular weight is 434 g/mol. The molecule has 0 spiro atoms. The first kappa shape index (κ1) is 15.4. The standard InChI is InChI=1S/C24H19I/c25-22-11-9-18-13-17(6-7-20(18)15-22)19-10-12-24-21(14-19)8-5-16-3-1-2-4-23(16)24/h1-8,10,12-13,15,21H,9,11,14H2. The Morgan fingerprint density at radius 2 is 1.84 bits per heavy atom. The van der Waals surface area contributed by atoms with E-state index in [1.165, 1.54) is 55.4 Å². The van der Waals surface area contributed by atoms with Gasteiger partial charge in [0, 0.05) is 5.92 Å². The largest absolute Gasteiger partial charge is 0.0760 e. The lowest BCUT2D eigenvalue weighted by atomic mass is 9.77. The van der Waals surface area contributed by atoms with Crippen LogP contribution in [0.25, 0.3) is 23.3 Å². The second kappa shape index (κ2) is 6.14. The second-order valence-electron chi connectivity index (χ2n) is 7.08. The van der Waals surface area contributed by atoms with Crippen LogP contribution in [-0.4, -0.2) is 0 Å². The van der Waals surface area contributed by atoms with Crippen molar-refractivity contribution in [3.63, 3.8) is 0 Å². The first-order valence-corrected chi connectivity index (χ1v) is 10.0. The predicted octanol–water partition coefficient (Wildman–Crippen LogP) is 6.92. The van der Waals surface area contributed by atoms with E-state index in [4.69, 9.17) is 0 Å².